The van der Waals surface area contributed by atoms with Crippen molar-refractivity contribution < 1.29 is 23.1 Å². The molecule has 0 bridgehead atoms. The summed E-state index contributed by atoms with van der Waals surface area (Å²) in [5, 5.41) is 9.71. The van der Waals surface area contributed by atoms with Crippen LogP contribution in [-0.2, 0) is 0 Å². The van der Waals surface area contributed by atoms with Gasteiger partial charge in [-0.15, -0.1) is 0 Å². The van der Waals surface area contributed by atoms with Crippen molar-refractivity contribution in [2.75, 3.05) is 5.32 Å². The van der Waals surface area contributed by atoms with E-state index in [2.05, 4.69) is 0 Å². The maximum atomic E-state index is 11.8. The van der Waals surface area contributed by atoms with E-state index >= 15 is 0 Å². The molecule has 0 unspecified atom stereocenters. The summed E-state index contributed by atoms with van der Waals surface area (Å²) in [4.78, 5) is 10.4. The molecule has 2 N–H and O–H groups in total. The molecular weight excluding hydrogens is 199 g/mol. The smallest absolute Gasteiger partial charge is 0.478 e. The Morgan fingerprint density at radius 1 is 1.36 bits per heavy atom. The molecule has 1 aromatic carbocycles. The number of benzene rings is 1. The van der Waals surface area contributed by atoms with Crippen LogP contribution in [0.5, 0.6) is 0 Å². The Balaban J connectivity index is 2.89. The van der Waals surface area contributed by atoms with E-state index in [1.165, 1.54) is 17.4 Å². The molecule has 0 fully saturated rings. The Labute approximate surface area is 77.2 Å². The molecule has 0 aliphatic heterocycles. The van der Waals surface area contributed by atoms with Crippen LogP contribution < -0.4 is 5.32 Å². The van der Waals surface area contributed by atoms with Crippen molar-refractivity contribution in [1.29, 1.82) is 0 Å². The highest BCUT2D eigenvalue weighted by molar-refractivity contribution is 5.88. The van der Waals surface area contributed by atoms with Gasteiger partial charge in [0, 0.05) is 5.69 Å². The van der Waals surface area contributed by atoms with Gasteiger partial charge in [-0.1, -0.05) is 6.07 Å². The molecule has 0 aliphatic carbocycles. The fourth-order valence-corrected chi connectivity index (χ4v) is 0.894. The summed E-state index contributed by atoms with van der Waals surface area (Å²) in [5.74, 6) is -1.27. The summed E-state index contributed by atoms with van der Waals surface area (Å²) in [6, 6.07) is 4.50. The van der Waals surface area contributed by atoms with Gasteiger partial charge in [0.2, 0.25) is 0 Å². The van der Waals surface area contributed by atoms with Crippen molar-refractivity contribution in [3.05, 3.63) is 29.8 Å². The first kappa shape index (κ1) is 10.4. The lowest BCUT2D eigenvalue weighted by Gasteiger charge is -2.09. The molecule has 1 rings (SSSR count). The topological polar surface area (TPSA) is 49.3 Å². The Morgan fingerprint density at radius 3 is 2.50 bits per heavy atom. The number of anilines is 1. The summed E-state index contributed by atoms with van der Waals surface area (Å²) in [5.41, 5.74) is -0.489. The van der Waals surface area contributed by atoms with E-state index in [1.54, 1.807) is 0 Å². The number of alkyl halides is 3. The van der Waals surface area contributed by atoms with Gasteiger partial charge in [0.15, 0.2) is 0 Å². The van der Waals surface area contributed by atoms with Crippen molar-refractivity contribution in [3.63, 3.8) is 0 Å². The van der Waals surface area contributed by atoms with Crippen LogP contribution in [0, 0.1) is 0 Å². The molecule has 76 valence electrons. The van der Waals surface area contributed by atoms with E-state index in [9.17, 15) is 18.0 Å². The van der Waals surface area contributed by atoms with E-state index in [-0.39, 0.29) is 11.3 Å². The van der Waals surface area contributed by atoms with Gasteiger partial charge >= 0.3 is 12.3 Å². The summed E-state index contributed by atoms with van der Waals surface area (Å²) in [6.45, 7) is 0. The maximum absolute atomic E-state index is 11.8. The van der Waals surface area contributed by atoms with Crippen molar-refractivity contribution in [2.24, 2.45) is 0 Å². The first-order chi connectivity index (χ1) is 6.38. The van der Waals surface area contributed by atoms with Gasteiger partial charge in [0.25, 0.3) is 0 Å². The first-order valence-corrected chi connectivity index (χ1v) is 3.57. The van der Waals surface area contributed by atoms with Gasteiger partial charge in [0.05, 0.1) is 5.56 Å². The lowest BCUT2D eigenvalue weighted by molar-refractivity contribution is -0.0999. The monoisotopic (exact) mass is 205 g/mol. The first-order valence-electron chi connectivity index (χ1n) is 3.57. The number of halogens is 3. The maximum Gasteiger partial charge on any atom is 0.482 e. The third-order valence-electron chi connectivity index (χ3n) is 1.40. The average molecular weight is 205 g/mol. The molecule has 0 amide bonds. The zero-order chi connectivity index (χ0) is 10.8. The molecule has 6 heteroatoms. The van der Waals surface area contributed by atoms with Crippen LogP contribution in [0.1, 0.15) is 10.4 Å². The van der Waals surface area contributed by atoms with E-state index < -0.39 is 12.3 Å². The van der Waals surface area contributed by atoms with Crippen LogP contribution in [0.3, 0.4) is 0 Å². The minimum absolute atomic E-state index is 0.195. The van der Waals surface area contributed by atoms with Gasteiger partial charge in [-0.3, -0.25) is 5.32 Å². The van der Waals surface area contributed by atoms with E-state index in [0.29, 0.717) is 0 Å². The Hall–Kier alpha value is -1.72. The highest BCUT2D eigenvalue weighted by atomic mass is 19.4. The number of hydrogen-bond donors (Lipinski definition) is 2. The lowest BCUT2D eigenvalue weighted by atomic mass is 10.2. The second kappa shape index (κ2) is 3.57. The van der Waals surface area contributed by atoms with Crippen molar-refractivity contribution >= 4 is 11.7 Å². The quantitative estimate of drug-likeness (QED) is 0.728. The standard InChI is InChI=1S/C8H6F3NO2/c9-8(10,11)12-6-3-1-2-5(4-6)7(13)14/h1-4,12H,(H,13,14). The van der Waals surface area contributed by atoms with Crippen LogP contribution in [0.2, 0.25) is 0 Å². The lowest BCUT2D eigenvalue weighted by Crippen LogP contribution is -2.20. The molecule has 0 atom stereocenters. The second-order valence-corrected chi connectivity index (χ2v) is 2.51. The number of rotatable bonds is 2. The van der Waals surface area contributed by atoms with Crippen LogP contribution in [-0.4, -0.2) is 17.4 Å². The fourth-order valence-electron chi connectivity index (χ4n) is 0.894. The summed E-state index contributed by atoms with van der Waals surface area (Å²) < 4.78 is 35.4. The molecular formula is C8H6F3NO2. The Morgan fingerprint density at radius 2 is 2.00 bits per heavy atom. The minimum atomic E-state index is -4.56. The highest BCUT2D eigenvalue weighted by Crippen LogP contribution is 2.20. The van der Waals surface area contributed by atoms with Crippen molar-refractivity contribution in [1.82, 2.24) is 0 Å². The number of carboxylic acid groups (broad SMARTS) is 1. The summed E-state index contributed by atoms with van der Waals surface area (Å²) in [7, 11) is 0. The van der Waals surface area contributed by atoms with Crippen LogP contribution in [0.4, 0.5) is 18.9 Å². The molecule has 0 radical (unpaired) electrons. The second-order valence-electron chi connectivity index (χ2n) is 2.51. The zero-order valence-corrected chi connectivity index (χ0v) is 6.80. The van der Waals surface area contributed by atoms with Gasteiger partial charge in [0.1, 0.15) is 0 Å². The van der Waals surface area contributed by atoms with Gasteiger partial charge < -0.3 is 5.11 Å². The number of aromatic carboxylic acids is 1. The molecule has 0 saturated heterocycles. The molecule has 0 saturated carbocycles. The molecule has 3 nitrogen and oxygen atoms in total. The van der Waals surface area contributed by atoms with Crippen molar-refractivity contribution in [3.8, 4) is 0 Å². The van der Waals surface area contributed by atoms with Crippen molar-refractivity contribution in [2.45, 2.75) is 6.30 Å². The van der Waals surface area contributed by atoms with E-state index in [0.717, 1.165) is 12.1 Å². The average Bonchev–Trinajstić information content (AvgIpc) is 2.01. The van der Waals surface area contributed by atoms with Gasteiger partial charge in [-0.2, -0.15) is 13.2 Å². The van der Waals surface area contributed by atoms with E-state index in [1.807, 2.05) is 0 Å². The number of hydrogen-bond acceptors (Lipinski definition) is 2. The van der Waals surface area contributed by atoms with Gasteiger partial charge in [-0.05, 0) is 18.2 Å². The van der Waals surface area contributed by atoms with E-state index in [4.69, 9.17) is 5.11 Å². The Kier molecular flexibility index (Phi) is 2.64. The van der Waals surface area contributed by atoms with Gasteiger partial charge in [-0.25, -0.2) is 4.79 Å². The summed E-state index contributed by atoms with van der Waals surface area (Å²) in [6.07, 6.45) is -4.56. The van der Waals surface area contributed by atoms with Crippen LogP contribution in [0.25, 0.3) is 0 Å². The third-order valence-corrected chi connectivity index (χ3v) is 1.40. The molecule has 1 aromatic rings. The molecule has 0 aromatic heterocycles. The molecule has 0 spiro atoms. The molecule has 0 aliphatic rings. The SMILES string of the molecule is O=C(O)c1cccc(NC(F)(F)F)c1. The number of carbonyl (C=O) groups is 1. The number of carboxylic acids is 1. The third kappa shape index (κ3) is 2.96. The fraction of sp³-hybridized carbons (Fsp3) is 0.125. The highest BCUT2D eigenvalue weighted by Gasteiger charge is 2.27. The summed E-state index contributed by atoms with van der Waals surface area (Å²) >= 11 is 0. The minimum Gasteiger partial charge on any atom is -0.478 e. The van der Waals surface area contributed by atoms with Crippen LogP contribution in [0.15, 0.2) is 24.3 Å². The predicted octanol–water partition coefficient (Wildman–Crippen LogP) is 2.32. The largest absolute Gasteiger partial charge is 0.482 e. The number of nitrogens with one attached hydrogen (secondary N) is 1. The molecule has 0 heterocycles. The molecule has 14 heavy (non-hydrogen) atoms. The zero-order valence-electron chi connectivity index (χ0n) is 6.80. The van der Waals surface area contributed by atoms with Crippen LogP contribution >= 0.6 is 0 Å². The predicted molar refractivity (Wildman–Crippen MR) is 43.1 cm³/mol. The Bertz CT molecular complexity index is 349. The normalized spacial score (nSPS) is 11.1.